The van der Waals surface area contributed by atoms with Crippen molar-refractivity contribution in [3.05, 3.63) is 11.9 Å². The predicted molar refractivity (Wildman–Crippen MR) is 202 cm³/mol. The molecule has 0 spiro atoms. The first-order valence-corrected chi connectivity index (χ1v) is 19.5. The molecule has 17 heteroatoms. The highest BCUT2D eigenvalue weighted by Crippen LogP contribution is 2.39. The molecule has 3 aliphatic rings. The summed E-state index contributed by atoms with van der Waals surface area (Å²) in [5.74, 6) is -4.67. The van der Waals surface area contributed by atoms with Crippen molar-refractivity contribution in [1.29, 1.82) is 0 Å². The number of aliphatic hydroxyl groups is 3. The molecule has 54 heavy (non-hydrogen) atoms. The van der Waals surface area contributed by atoms with Gasteiger partial charge in [-0.1, -0.05) is 38.1 Å². The van der Waals surface area contributed by atoms with Crippen LogP contribution in [0.5, 0.6) is 0 Å². The van der Waals surface area contributed by atoms with E-state index in [1.54, 1.807) is 25.4 Å². The van der Waals surface area contributed by atoms with Gasteiger partial charge in [0.15, 0.2) is 12.1 Å². The molecule has 0 aliphatic carbocycles. The molecule has 4 N–H and O–H groups in total. The summed E-state index contributed by atoms with van der Waals surface area (Å²) < 4.78 is 26.7. The molecular formula is C37H65BN6O10. The number of aromatic nitrogens is 3. The number of cyclic esters (lactones) is 1. The minimum absolute atomic E-state index is 0.172. The van der Waals surface area contributed by atoms with Crippen LogP contribution in [0.15, 0.2) is 11.4 Å². The number of likely N-dealkylation sites (N-methyl/N-ethyl adjacent to an activating group) is 1. The van der Waals surface area contributed by atoms with Crippen molar-refractivity contribution in [2.45, 2.75) is 148 Å². The minimum atomic E-state index is -1.89. The molecule has 0 bridgehead atoms. The van der Waals surface area contributed by atoms with Gasteiger partial charge in [0.05, 0.1) is 35.3 Å². The van der Waals surface area contributed by atoms with Gasteiger partial charge in [-0.3, -0.25) is 9.59 Å². The summed E-state index contributed by atoms with van der Waals surface area (Å²) in [4.78, 5) is 35.9. The molecule has 4 rings (SSSR count). The molecule has 14 atom stereocenters. The van der Waals surface area contributed by atoms with E-state index in [1.165, 1.54) is 21.0 Å². The molecule has 16 nitrogen and oxygen atoms in total. The number of ketones is 1. The van der Waals surface area contributed by atoms with Crippen LogP contribution in [-0.2, 0) is 39.8 Å². The predicted octanol–water partition coefficient (Wildman–Crippen LogP) is 0.489. The van der Waals surface area contributed by atoms with Crippen molar-refractivity contribution >= 4 is 25.4 Å². The average molecular weight is 765 g/mol. The van der Waals surface area contributed by atoms with E-state index in [4.69, 9.17) is 23.8 Å². The fraction of sp³-hybridized carbons (Fsp3) is 0.865. The highest BCUT2D eigenvalue weighted by atomic mass is 16.7. The van der Waals surface area contributed by atoms with Gasteiger partial charge in [0.2, 0.25) is 0 Å². The summed E-state index contributed by atoms with van der Waals surface area (Å²) in [5.41, 5.74) is -1.82. The lowest BCUT2D eigenvalue weighted by Gasteiger charge is -2.47. The van der Waals surface area contributed by atoms with E-state index in [1.807, 2.05) is 42.0 Å². The van der Waals surface area contributed by atoms with Gasteiger partial charge in [0, 0.05) is 63.0 Å². The summed E-state index contributed by atoms with van der Waals surface area (Å²) in [7, 11) is 5.27. The number of nitrogens with zero attached hydrogens (tertiary/aromatic N) is 5. The third kappa shape index (κ3) is 10.1. The summed E-state index contributed by atoms with van der Waals surface area (Å²) >= 11 is 0. The summed E-state index contributed by atoms with van der Waals surface area (Å²) in [6.07, 6.45) is -2.09. The van der Waals surface area contributed by atoms with Crippen LogP contribution in [0.25, 0.3) is 0 Å². The number of carbonyl (C=O) groups excluding carboxylic acids is 2. The van der Waals surface area contributed by atoms with Crippen LogP contribution in [0.1, 0.15) is 86.8 Å². The number of carbonyl (C=O) groups is 2. The van der Waals surface area contributed by atoms with Gasteiger partial charge in [-0.05, 0) is 60.5 Å². The van der Waals surface area contributed by atoms with Crippen LogP contribution in [0.3, 0.4) is 0 Å². The summed E-state index contributed by atoms with van der Waals surface area (Å²) in [6.45, 7) is 15.7. The summed E-state index contributed by atoms with van der Waals surface area (Å²) in [6, 6.07) is -0.344. The largest absolute Gasteiger partial charge is 0.459 e. The number of esters is 1. The first kappa shape index (κ1) is 44.2. The molecule has 0 unspecified atom stereocenters. The van der Waals surface area contributed by atoms with E-state index < -0.39 is 77.3 Å². The zero-order chi connectivity index (χ0) is 40.1. The number of rotatable bonds is 10. The molecule has 0 radical (unpaired) electrons. The van der Waals surface area contributed by atoms with Crippen molar-refractivity contribution < 1.29 is 48.7 Å². The van der Waals surface area contributed by atoms with Crippen LogP contribution in [-0.4, -0.2) is 155 Å². The van der Waals surface area contributed by atoms with Gasteiger partial charge < -0.3 is 53.9 Å². The van der Waals surface area contributed by atoms with Crippen molar-refractivity contribution in [3.63, 3.8) is 0 Å². The molecule has 306 valence electrons. The van der Waals surface area contributed by atoms with E-state index in [0.29, 0.717) is 31.6 Å². The molecule has 3 fully saturated rings. The minimum Gasteiger partial charge on any atom is -0.459 e. The maximum atomic E-state index is 14.3. The maximum absolute atomic E-state index is 14.3. The number of aliphatic hydroxyl groups excluding tert-OH is 2. The molecule has 1 aromatic rings. The number of methoxy groups -OCH3 is 1. The number of nitrogens with one attached hydrogen (secondary N) is 1. The SMILES string of the molecule is Bn1cc(CCN(C)[C@H]2C[C@@H](C)O[C@@H](O[C@@H]3[C@H](C)C(=O)[C@@H](C)C(=O)O[C@H](CC)[C@@](C)(O)[C@H](O)[C@@H](C)/C(=N/O[C@@H]4CCNC4)[C@H](C)C[C@@]3(C)OC)[C@@H]2O)nn1. The lowest BCUT2D eigenvalue weighted by Crippen LogP contribution is -2.60. The van der Waals surface area contributed by atoms with Crippen molar-refractivity contribution in [2.75, 3.05) is 33.8 Å². The second-order valence-electron chi connectivity index (χ2n) is 16.3. The third-order valence-corrected chi connectivity index (χ3v) is 11.9. The van der Waals surface area contributed by atoms with Crippen LogP contribution < -0.4 is 5.32 Å². The quantitative estimate of drug-likeness (QED) is 0.111. The summed E-state index contributed by atoms with van der Waals surface area (Å²) in [5, 5.41) is 51.4. The second kappa shape index (κ2) is 18.6. The molecule has 0 saturated carbocycles. The molecule has 0 aromatic carbocycles. The second-order valence-corrected chi connectivity index (χ2v) is 16.3. The maximum Gasteiger partial charge on any atom is 0.316 e. The average Bonchev–Trinajstić information content (AvgIpc) is 3.82. The number of Topliss-reactive ketones (excluding diaryl/α,β-unsaturated/α-hetero) is 1. The van der Waals surface area contributed by atoms with Gasteiger partial charge in [-0.2, -0.15) is 0 Å². The number of oxime groups is 1. The van der Waals surface area contributed by atoms with E-state index in [2.05, 4.69) is 25.7 Å². The Labute approximate surface area is 321 Å². The topological polar surface area (TPSA) is 199 Å². The Kier molecular flexibility index (Phi) is 15.2. The Bertz CT molecular complexity index is 1430. The number of hydrogen-bond acceptors (Lipinski definition) is 15. The Balaban J connectivity index is 1.72. The standard InChI is InChI=1S/C37H65BN6O10/c1-11-28-37(8,49)32(47)22(4)29(41-54-26-12-14-39-18-26)20(2)17-36(7,50-10)33(23(5)30(45)24(6)34(48)52-28)53-35-31(46)27(16-21(3)51-35)43(9)15-13-25-19-44(38)42-40-25/h19-24,26-28,31-33,35,39,46-47,49H,11-18,38H2,1-10H3/b41-29+/t20-,21-,22+,23-,24-,26-,27+,28-,31-,32-,33-,35+,36-,37-/m1/s1. The molecule has 4 heterocycles. The van der Waals surface area contributed by atoms with Gasteiger partial charge in [0.1, 0.15) is 29.8 Å². The molecule has 3 saturated heterocycles. The lowest BCUT2D eigenvalue weighted by molar-refractivity contribution is -0.295. The Morgan fingerprint density at radius 1 is 1.17 bits per heavy atom. The first-order valence-electron chi connectivity index (χ1n) is 19.5. The zero-order valence-corrected chi connectivity index (χ0v) is 34.1. The van der Waals surface area contributed by atoms with Crippen LogP contribution >= 0.6 is 0 Å². The third-order valence-electron chi connectivity index (χ3n) is 11.9. The number of ether oxygens (including phenoxy) is 4. The van der Waals surface area contributed by atoms with Gasteiger partial charge in [0.25, 0.3) is 7.98 Å². The normalized spacial score (nSPS) is 41.2. The zero-order valence-electron chi connectivity index (χ0n) is 34.1. The fourth-order valence-corrected chi connectivity index (χ4v) is 8.36. The van der Waals surface area contributed by atoms with Gasteiger partial charge >= 0.3 is 5.97 Å². The highest BCUT2D eigenvalue weighted by molar-refractivity contribution is 6.05. The van der Waals surface area contributed by atoms with E-state index in [-0.39, 0.29) is 31.1 Å². The molecule has 1 aromatic heterocycles. The Hall–Kier alpha value is -2.51. The Morgan fingerprint density at radius 3 is 2.46 bits per heavy atom. The molecular weight excluding hydrogens is 699 g/mol. The van der Waals surface area contributed by atoms with E-state index in [9.17, 15) is 24.9 Å². The van der Waals surface area contributed by atoms with Crippen molar-refractivity contribution in [1.82, 2.24) is 25.1 Å². The van der Waals surface area contributed by atoms with Crippen LogP contribution in [0, 0.1) is 23.7 Å². The van der Waals surface area contributed by atoms with Crippen molar-refractivity contribution in [2.24, 2.45) is 28.8 Å². The van der Waals surface area contributed by atoms with Crippen LogP contribution in [0.2, 0.25) is 0 Å². The van der Waals surface area contributed by atoms with Gasteiger partial charge in [-0.15, -0.1) is 5.10 Å². The molecule has 0 amide bonds. The van der Waals surface area contributed by atoms with Crippen molar-refractivity contribution in [3.8, 4) is 0 Å². The molecule has 3 aliphatic heterocycles. The smallest absolute Gasteiger partial charge is 0.316 e. The highest BCUT2D eigenvalue weighted by Gasteiger charge is 2.52. The van der Waals surface area contributed by atoms with E-state index >= 15 is 0 Å². The van der Waals surface area contributed by atoms with Gasteiger partial charge in [-0.25, -0.2) is 0 Å². The van der Waals surface area contributed by atoms with Crippen LogP contribution in [0.4, 0.5) is 0 Å². The Morgan fingerprint density at radius 2 is 1.87 bits per heavy atom. The number of hydrogen-bond donors (Lipinski definition) is 4. The van der Waals surface area contributed by atoms with E-state index in [0.717, 1.165) is 18.7 Å². The fourth-order valence-electron chi connectivity index (χ4n) is 8.36. The lowest BCUT2D eigenvalue weighted by atomic mass is 9.74. The monoisotopic (exact) mass is 764 g/mol. The first-order chi connectivity index (χ1) is 25.3.